The number of hydrogen-bond acceptors (Lipinski definition) is 1. The highest BCUT2D eigenvalue weighted by atomic mass is 79.9. The lowest BCUT2D eigenvalue weighted by molar-refractivity contribution is 0.122. The van der Waals surface area contributed by atoms with Crippen molar-refractivity contribution in [3.8, 4) is 0 Å². The van der Waals surface area contributed by atoms with Crippen LogP contribution in [-0.4, -0.2) is 5.11 Å². The molecule has 0 saturated heterocycles. The van der Waals surface area contributed by atoms with Crippen molar-refractivity contribution < 1.29 is 5.11 Å². The van der Waals surface area contributed by atoms with Gasteiger partial charge in [0.2, 0.25) is 0 Å². The van der Waals surface area contributed by atoms with Gasteiger partial charge >= 0.3 is 0 Å². The van der Waals surface area contributed by atoms with Crippen LogP contribution in [0, 0.1) is 5.41 Å². The minimum atomic E-state index is -0.358. The summed E-state index contributed by atoms with van der Waals surface area (Å²) >= 11 is 3.37. The van der Waals surface area contributed by atoms with E-state index in [1.165, 1.54) is 0 Å². The molecule has 0 fully saturated rings. The molecule has 0 radical (unpaired) electrons. The predicted octanol–water partition coefficient (Wildman–Crippen LogP) is 3.92. The zero-order chi connectivity index (χ0) is 10.8. The molecular formula is C12H17BrO. The highest BCUT2D eigenvalue weighted by molar-refractivity contribution is 9.10. The number of hydrogen-bond donors (Lipinski definition) is 1. The molecule has 0 spiro atoms. The summed E-state index contributed by atoms with van der Waals surface area (Å²) in [5, 5.41) is 9.93. The molecule has 1 N–H and O–H groups in total. The second-order valence-corrected chi connectivity index (χ2v) is 5.75. The molecule has 1 rings (SSSR count). The molecule has 1 aromatic rings. The van der Waals surface area contributed by atoms with Crippen LogP contribution >= 0.6 is 15.9 Å². The molecule has 0 unspecified atom stereocenters. The SMILES string of the molecule is CC(C)(C)C[C@H](O)c1ccc(Br)cc1. The zero-order valence-electron chi connectivity index (χ0n) is 8.92. The van der Waals surface area contributed by atoms with Crippen LogP contribution in [0.3, 0.4) is 0 Å². The van der Waals surface area contributed by atoms with Crippen molar-refractivity contribution in [3.63, 3.8) is 0 Å². The van der Waals surface area contributed by atoms with Crippen LogP contribution in [0.2, 0.25) is 0 Å². The molecule has 0 aromatic heterocycles. The third-order valence-electron chi connectivity index (χ3n) is 2.06. The normalized spacial score (nSPS) is 14.1. The summed E-state index contributed by atoms with van der Waals surface area (Å²) in [4.78, 5) is 0. The maximum atomic E-state index is 9.93. The summed E-state index contributed by atoms with van der Waals surface area (Å²) in [6.07, 6.45) is 0.428. The molecular weight excluding hydrogens is 240 g/mol. The Balaban J connectivity index is 2.70. The van der Waals surface area contributed by atoms with Crippen molar-refractivity contribution in [2.45, 2.75) is 33.3 Å². The van der Waals surface area contributed by atoms with Crippen molar-refractivity contribution in [3.05, 3.63) is 34.3 Å². The standard InChI is InChI=1S/C12H17BrO/c1-12(2,3)8-11(14)9-4-6-10(13)7-5-9/h4-7,11,14H,8H2,1-3H3/t11-/m0/s1. The number of aliphatic hydroxyl groups is 1. The van der Waals surface area contributed by atoms with Crippen LogP contribution in [0.5, 0.6) is 0 Å². The maximum Gasteiger partial charge on any atom is 0.0795 e. The molecule has 0 aliphatic rings. The van der Waals surface area contributed by atoms with E-state index in [9.17, 15) is 5.11 Å². The van der Waals surface area contributed by atoms with E-state index in [1.54, 1.807) is 0 Å². The summed E-state index contributed by atoms with van der Waals surface area (Å²) in [6.45, 7) is 6.40. The first-order valence-electron chi connectivity index (χ1n) is 4.82. The van der Waals surface area contributed by atoms with E-state index < -0.39 is 0 Å². The Hall–Kier alpha value is -0.340. The van der Waals surface area contributed by atoms with Gasteiger partial charge in [-0.25, -0.2) is 0 Å². The van der Waals surface area contributed by atoms with E-state index in [1.807, 2.05) is 24.3 Å². The number of rotatable bonds is 2. The quantitative estimate of drug-likeness (QED) is 0.851. The average Bonchev–Trinajstić information content (AvgIpc) is 2.02. The topological polar surface area (TPSA) is 20.2 Å². The molecule has 0 bridgehead atoms. The van der Waals surface area contributed by atoms with Crippen molar-refractivity contribution in [1.29, 1.82) is 0 Å². The second-order valence-electron chi connectivity index (χ2n) is 4.83. The summed E-state index contributed by atoms with van der Waals surface area (Å²) in [5.41, 5.74) is 1.15. The highest BCUT2D eigenvalue weighted by Gasteiger charge is 2.17. The van der Waals surface area contributed by atoms with Gasteiger partial charge in [-0.1, -0.05) is 48.8 Å². The Bertz CT molecular complexity index is 284. The molecule has 1 atom stereocenters. The average molecular weight is 257 g/mol. The van der Waals surface area contributed by atoms with Crippen LogP contribution in [0.15, 0.2) is 28.7 Å². The smallest absolute Gasteiger partial charge is 0.0795 e. The Morgan fingerprint density at radius 2 is 1.71 bits per heavy atom. The van der Waals surface area contributed by atoms with Crippen molar-refractivity contribution in [2.75, 3.05) is 0 Å². The third-order valence-corrected chi connectivity index (χ3v) is 2.59. The molecule has 0 saturated carbocycles. The van der Waals surface area contributed by atoms with E-state index in [2.05, 4.69) is 36.7 Å². The number of benzene rings is 1. The first kappa shape index (κ1) is 11.7. The van der Waals surface area contributed by atoms with Gasteiger partial charge in [-0.3, -0.25) is 0 Å². The minimum absolute atomic E-state index is 0.159. The molecule has 14 heavy (non-hydrogen) atoms. The fourth-order valence-electron chi connectivity index (χ4n) is 1.38. The highest BCUT2D eigenvalue weighted by Crippen LogP contribution is 2.29. The second kappa shape index (κ2) is 4.45. The van der Waals surface area contributed by atoms with Crippen LogP contribution in [0.1, 0.15) is 38.9 Å². The lowest BCUT2D eigenvalue weighted by atomic mass is 9.87. The summed E-state index contributed by atoms with van der Waals surface area (Å²) < 4.78 is 1.05. The first-order valence-corrected chi connectivity index (χ1v) is 5.61. The maximum absolute atomic E-state index is 9.93. The molecule has 78 valence electrons. The largest absolute Gasteiger partial charge is 0.388 e. The molecule has 0 aliphatic heterocycles. The lowest BCUT2D eigenvalue weighted by Crippen LogP contribution is -2.11. The first-order chi connectivity index (χ1) is 6.38. The van der Waals surface area contributed by atoms with Gasteiger partial charge < -0.3 is 5.11 Å². The monoisotopic (exact) mass is 256 g/mol. The van der Waals surface area contributed by atoms with Crippen LogP contribution in [0.4, 0.5) is 0 Å². The van der Waals surface area contributed by atoms with Crippen molar-refractivity contribution >= 4 is 15.9 Å². The Morgan fingerprint density at radius 1 is 1.21 bits per heavy atom. The predicted molar refractivity (Wildman–Crippen MR) is 63.2 cm³/mol. The molecule has 1 aromatic carbocycles. The Labute approximate surface area is 94.3 Å². The van der Waals surface area contributed by atoms with E-state index in [0.717, 1.165) is 16.5 Å². The van der Waals surface area contributed by atoms with Gasteiger partial charge in [-0.15, -0.1) is 0 Å². The van der Waals surface area contributed by atoms with Crippen LogP contribution in [-0.2, 0) is 0 Å². The fourth-order valence-corrected chi connectivity index (χ4v) is 1.65. The van der Waals surface area contributed by atoms with E-state index in [4.69, 9.17) is 0 Å². The number of halogens is 1. The van der Waals surface area contributed by atoms with E-state index in [-0.39, 0.29) is 11.5 Å². The fraction of sp³-hybridized carbons (Fsp3) is 0.500. The van der Waals surface area contributed by atoms with Gasteiger partial charge in [0.15, 0.2) is 0 Å². The lowest BCUT2D eigenvalue weighted by Gasteiger charge is -2.22. The summed E-state index contributed by atoms with van der Waals surface area (Å²) in [6, 6.07) is 7.84. The third kappa shape index (κ3) is 3.81. The molecule has 0 amide bonds. The zero-order valence-corrected chi connectivity index (χ0v) is 10.5. The van der Waals surface area contributed by atoms with E-state index in [0.29, 0.717) is 0 Å². The molecule has 0 aliphatic carbocycles. The van der Waals surface area contributed by atoms with Gasteiger partial charge in [0.1, 0.15) is 0 Å². The van der Waals surface area contributed by atoms with Crippen LogP contribution < -0.4 is 0 Å². The van der Waals surface area contributed by atoms with Gasteiger partial charge in [-0.05, 0) is 29.5 Å². The summed E-state index contributed by atoms with van der Waals surface area (Å²) in [5.74, 6) is 0. The summed E-state index contributed by atoms with van der Waals surface area (Å²) in [7, 11) is 0. The Morgan fingerprint density at radius 3 is 2.14 bits per heavy atom. The van der Waals surface area contributed by atoms with Gasteiger partial charge in [0.25, 0.3) is 0 Å². The minimum Gasteiger partial charge on any atom is -0.388 e. The molecule has 0 heterocycles. The molecule has 2 heteroatoms. The van der Waals surface area contributed by atoms with Crippen molar-refractivity contribution in [2.24, 2.45) is 5.41 Å². The van der Waals surface area contributed by atoms with Crippen LogP contribution in [0.25, 0.3) is 0 Å². The van der Waals surface area contributed by atoms with Gasteiger partial charge in [0.05, 0.1) is 6.10 Å². The van der Waals surface area contributed by atoms with E-state index >= 15 is 0 Å². The number of aliphatic hydroxyl groups excluding tert-OH is 1. The molecule has 1 nitrogen and oxygen atoms in total. The van der Waals surface area contributed by atoms with Gasteiger partial charge in [0, 0.05) is 4.47 Å². The van der Waals surface area contributed by atoms with Gasteiger partial charge in [-0.2, -0.15) is 0 Å². The van der Waals surface area contributed by atoms with Crippen molar-refractivity contribution in [1.82, 2.24) is 0 Å². The Kier molecular flexibility index (Phi) is 3.73.